The predicted octanol–water partition coefficient (Wildman–Crippen LogP) is 1.76. The summed E-state index contributed by atoms with van der Waals surface area (Å²) in [6, 6.07) is 4.72. The van der Waals surface area contributed by atoms with Crippen LogP contribution >= 0.6 is 0 Å². The summed E-state index contributed by atoms with van der Waals surface area (Å²) in [5.41, 5.74) is 6.57. The highest BCUT2D eigenvalue weighted by Gasteiger charge is 2.17. The molecule has 2 nitrogen and oxygen atoms in total. The Morgan fingerprint density at radius 2 is 2.14 bits per heavy atom. The zero-order chi connectivity index (χ0) is 10.7. The van der Waals surface area contributed by atoms with Gasteiger partial charge in [0.25, 0.3) is 0 Å². The standard InChI is InChI=1S/C11H16FNO/c1-7(6-13)11(14)9-4-3-5-10(12)8(9)2/h3-5,7,11,14H,6,13H2,1-2H3. The molecule has 0 saturated carbocycles. The van der Waals surface area contributed by atoms with Crippen LogP contribution in [0.2, 0.25) is 0 Å². The molecule has 0 aliphatic heterocycles. The average molecular weight is 197 g/mol. The Balaban J connectivity index is 3.01. The van der Waals surface area contributed by atoms with E-state index in [0.717, 1.165) is 0 Å². The minimum absolute atomic E-state index is 0.0597. The second kappa shape index (κ2) is 4.53. The van der Waals surface area contributed by atoms with Gasteiger partial charge in [-0.15, -0.1) is 0 Å². The number of aliphatic hydroxyl groups excluding tert-OH is 1. The Labute approximate surface area is 83.6 Å². The summed E-state index contributed by atoms with van der Waals surface area (Å²) < 4.78 is 13.2. The van der Waals surface area contributed by atoms with E-state index in [1.54, 1.807) is 19.1 Å². The highest BCUT2D eigenvalue weighted by Crippen LogP contribution is 2.25. The molecule has 3 N–H and O–H groups in total. The van der Waals surface area contributed by atoms with Gasteiger partial charge in [-0.25, -0.2) is 4.39 Å². The zero-order valence-corrected chi connectivity index (χ0v) is 8.50. The molecule has 0 aromatic heterocycles. The molecule has 0 spiro atoms. The van der Waals surface area contributed by atoms with E-state index in [1.807, 2.05) is 6.92 Å². The number of aliphatic hydroxyl groups is 1. The van der Waals surface area contributed by atoms with Crippen molar-refractivity contribution in [2.45, 2.75) is 20.0 Å². The van der Waals surface area contributed by atoms with E-state index < -0.39 is 6.10 Å². The lowest BCUT2D eigenvalue weighted by molar-refractivity contribution is 0.120. The van der Waals surface area contributed by atoms with Gasteiger partial charge in [-0.05, 0) is 36.6 Å². The van der Waals surface area contributed by atoms with Crippen molar-refractivity contribution >= 4 is 0 Å². The van der Waals surface area contributed by atoms with Gasteiger partial charge in [0, 0.05) is 0 Å². The molecule has 0 saturated heterocycles. The molecular weight excluding hydrogens is 181 g/mol. The van der Waals surface area contributed by atoms with Gasteiger partial charge >= 0.3 is 0 Å². The monoisotopic (exact) mass is 197 g/mol. The number of nitrogens with two attached hydrogens (primary N) is 1. The normalized spacial score (nSPS) is 15.2. The summed E-state index contributed by atoms with van der Waals surface area (Å²) in [5, 5.41) is 9.85. The third-order valence-corrected chi connectivity index (χ3v) is 2.54. The number of rotatable bonds is 3. The second-order valence-electron chi connectivity index (χ2n) is 3.61. The number of benzene rings is 1. The first-order valence-corrected chi connectivity index (χ1v) is 4.71. The van der Waals surface area contributed by atoms with Gasteiger partial charge in [0.2, 0.25) is 0 Å². The minimum Gasteiger partial charge on any atom is -0.388 e. The minimum atomic E-state index is -0.685. The molecule has 0 bridgehead atoms. The fraction of sp³-hybridized carbons (Fsp3) is 0.455. The molecular formula is C11H16FNO. The Morgan fingerprint density at radius 3 is 2.71 bits per heavy atom. The summed E-state index contributed by atoms with van der Waals surface area (Å²) in [6.07, 6.45) is -0.685. The fourth-order valence-corrected chi connectivity index (χ4v) is 1.38. The van der Waals surface area contributed by atoms with Gasteiger partial charge < -0.3 is 10.8 Å². The smallest absolute Gasteiger partial charge is 0.126 e. The van der Waals surface area contributed by atoms with Gasteiger partial charge in [-0.1, -0.05) is 19.1 Å². The topological polar surface area (TPSA) is 46.2 Å². The first kappa shape index (κ1) is 11.1. The van der Waals surface area contributed by atoms with Gasteiger partial charge in [0.15, 0.2) is 0 Å². The van der Waals surface area contributed by atoms with Crippen molar-refractivity contribution in [1.82, 2.24) is 0 Å². The van der Waals surface area contributed by atoms with Crippen LogP contribution in [0.25, 0.3) is 0 Å². The molecule has 1 aromatic carbocycles. The van der Waals surface area contributed by atoms with Gasteiger partial charge in [-0.3, -0.25) is 0 Å². The van der Waals surface area contributed by atoms with Crippen LogP contribution in [-0.4, -0.2) is 11.7 Å². The van der Waals surface area contributed by atoms with Crippen LogP contribution in [0, 0.1) is 18.7 Å². The molecule has 0 aliphatic rings. The largest absolute Gasteiger partial charge is 0.388 e. The zero-order valence-electron chi connectivity index (χ0n) is 8.50. The van der Waals surface area contributed by atoms with E-state index in [-0.39, 0.29) is 11.7 Å². The summed E-state index contributed by atoms with van der Waals surface area (Å²) in [5.74, 6) is -0.346. The summed E-state index contributed by atoms with van der Waals surface area (Å²) in [4.78, 5) is 0. The molecule has 2 unspecified atom stereocenters. The van der Waals surface area contributed by atoms with Crippen molar-refractivity contribution in [2.75, 3.05) is 6.54 Å². The van der Waals surface area contributed by atoms with E-state index >= 15 is 0 Å². The van der Waals surface area contributed by atoms with E-state index in [9.17, 15) is 9.50 Å². The van der Waals surface area contributed by atoms with E-state index in [2.05, 4.69) is 0 Å². The molecule has 2 atom stereocenters. The third-order valence-electron chi connectivity index (χ3n) is 2.54. The molecule has 78 valence electrons. The fourth-order valence-electron chi connectivity index (χ4n) is 1.38. The van der Waals surface area contributed by atoms with Crippen LogP contribution in [-0.2, 0) is 0 Å². The quantitative estimate of drug-likeness (QED) is 0.775. The van der Waals surface area contributed by atoms with Gasteiger partial charge in [0.05, 0.1) is 6.10 Å². The highest BCUT2D eigenvalue weighted by molar-refractivity contribution is 5.29. The molecule has 0 radical (unpaired) electrons. The predicted molar refractivity (Wildman–Crippen MR) is 54.3 cm³/mol. The summed E-state index contributed by atoms with van der Waals surface area (Å²) in [7, 11) is 0. The van der Waals surface area contributed by atoms with Crippen LogP contribution in [0.3, 0.4) is 0 Å². The van der Waals surface area contributed by atoms with Crippen molar-refractivity contribution in [3.05, 3.63) is 35.1 Å². The highest BCUT2D eigenvalue weighted by atomic mass is 19.1. The number of hydrogen-bond donors (Lipinski definition) is 2. The SMILES string of the molecule is Cc1c(F)cccc1C(O)C(C)CN. The first-order valence-electron chi connectivity index (χ1n) is 4.71. The second-order valence-corrected chi connectivity index (χ2v) is 3.61. The van der Waals surface area contributed by atoms with Crippen molar-refractivity contribution in [2.24, 2.45) is 11.7 Å². The Kier molecular flexibility index (Phi) is 3.61. The molecule has 0 heterocycles. The lowest BCUT2D eigenvalue weighted by Crippen LogP contribution is -2.19. The van der Waals surface area contributed by atoms with Crippen molar-refractivity contribution in [3.63, 3.8) is 0 Å². The van der Waals surface area contributed by atoms with Gasteiger partial charge in [0.1, 0.15) is 5.82 Å². The molecule has 3 heteroatoms. The van der Waals surface area contributed by atoms with Crippen molar-refractivity contribution in [3.8, 4) is 0 Å². The summed E-state index contributed by atoms with van der Waals surface area (Å²) >= 11 is 0. The van der Waals surface area contributed by atoms with Crippen LogP contribution in [0.5, 0.6) is 0 Å². The van der Waals surface area contributed by atoms with Crippen molar-refractivity contribution < 1.29 is 9.50 Å². The number of hydrogen-bond acceptors (Lipinski definition) is 2. The number of halogens is 1. The molecule has 0 fully saturated rings. The van der Waals surface area contributed by atoms with Crippen LogP contribution < -0.4 is 5.73 Å². The van der Waals surface area contributed by atoms with Crippen LogP contribution in [0.4, 0.5) is 4.39 Å². The van der Waals surface area contributed by atoms with E-state index in [0.29, 0.717) is 17.7 Å². The molecule has 1 rings (SSSR count). The lowest BCUT2D eigenvalue weighted by atomic mass is 9.94. The van der Waals surface area contributed by atoms with Crippen LogP contribution in [0.15, 0.2) is 18.2 Å². The Hall–Kier alpha value is -0.930. The molecule has 0 amide bonds. The van der Waals surface area contributed by atoms with E-state index in [1.165, 1.54) is 6.07 Å². The Morgan fingerprint density at radius 1 is 1.50 bits per heavy atom. The first-order chi connectivity index (χ1) is 6.57. The molecule has 0 aliphatic carbocycles. The Bertz CT molecular complexity index is 314. The average Bonchev–Trinajstić information content (AvgIpc) is 2.20. The third kappa shape index (κ3) is 2.11. The lowest BCUT2D eigenvalue weighted by Gasteiger charge is -2.19. The van der Waals surface area contributed by atoms with E-state index in [4.69, 9.17) is 5.73 Å². The molecule has 14 heavy (non-hydrogen) atoms. The van der Waals surface area contributed by atoms with Gasteiger partial charge in [-0.2, -0.15) is 0 Å². The maximum absolute atomic E-state index is 13.2. The maximum atomic E-state index is 13.2. The molecule has 1 aromatic rings. The maximum Gasteiger partial charge on any atom is 0.126 e. The van der Waals surface area contributed by atoms with Crippen LogP contribution in [0.1, 0.15) is 24.2 Å². The van der Waals surface area contributed by atoms with Crippen molar-refractivity contribution in [1.29, 1.82) is 0 Å². The summed E-state index contributed by atoms with van der Waals surface area (Å²) in [6.45, 7) is 3.89.